The van der Waals surface area contributed by atoms with E-state index >= 15 is 0 Å². The Balaban J connectivity index is 2.01. The molecule has 1 aliphatic rings. The minimum absolute atomic E-state index is 0.0512. The van der Waals surface area contributed by atoms with Crippen molar-refractivity contribution >= 4 is 35.0 Å². The smallest absolute Gasteiger partial charge is 0.253 e. The highest BCUT2D eigenvalue weighted by Gasteiger charge is 2.24. The van der Waals surface area contributed by atoms with Gasteiger partial charge in [0.2, 0.25) is 5.91 Å². The number of likely N-dealkylation sites (N-methyl/N-ethyl adjacent to an activating group) is 1. The first-order valence-electron chi connectivity index (χ1n) is 5.83. The number of rotatable bonds is 2. The third-order valence-electron chi connectivity index (χ3n) is 3.02. The van der Waals surface area contributed by atoms with E-state index < -0.39 is 0 Å². The van der Waals surface area contributed by atoms with Gasteiger partial charge in [-0.3, -0.25) is 9.59 Å². The molecule has 5 nitrogen and oxygen atoms in total. The van der Waals surface area contributed by atoms with E-state index in [2.05, 4.69) is 10.3 Å². The van der Waals surface area contributed by atoms with Gasteiger partial charge in [-0.15, -0.1) is 0 Å². The minimum atomic E-state index is -0.265. The Morgan fingerprint density at radius 3 is 2.89 bits per heavy atom. The Morgan fingerprint density at radius 1 is 1.53 bits per heavy atom. The van der Waals surface area contributed by atoms with Crippen LogP contribution >= 0.6 is 23.2 Å². The second-order valence-corrected chi connectivity index (χ2v) is 5.25. The fourth-order valence-electron chi connectivity index (χ4n) is 1.94. The van der Waals surface area contributed by atoms with Crippen molar-refractivity contribution in [3.05, 3.63) is 28.0 Å². The molecule has 2 amide bonds. The summed E-state index contributed by atoms with van der Waals surface area (Å²) < 4.78 is 0. The van der Waals surface area contributed by atoms with Gasteiger partial charge < -0.3 is 10.2 Å². The van der Waals surface area contributed by atoms with E-state index in [-0.39, 0.29) is 28.0 Å². The van der Waals surface area contributed by atoms with Crippen LogP contribution in [0.25, 0.3) is 0 Å². The lowest BCUT2D eigenvalue weighted by Gasteiger charge is -2.30. The molecule has 1 atom stereocenters. The highest BCUT2D eigenvalue weighted by molar-refractivity contribution is 6.41. The molecule has 1 unspecified atom stereocenters. The van der Waals surface area contributed by atoms with Crippen molar-refractivity contribution in [1.29, 1.82) is 0 Å². The number of piperidine rings is 1. The molecule has 0 bridgehead atoms. The quantitative estimate of drug-likeness (QED) is 0.846. The number of amides is 2. The molecule has 2 rings (SSSR count). The summed E-state index contributed by atoms with van der Waals surface area (Å²) in [4.78, 5) is 28.8. The molecule has 0 spiro atoms. The zero-order valence-corrected chi connectivity index (χ0v) is 11.8. The Hall–Kier alpha value is -1.33. The second kappa shape index (κ2) is 5.75. The Labute approximate surface area is 120 Å². The van der Waals surface area contributed by atoms with Crippen LogP contribution < -0.4 is 5.32 Å². The van der Waals surface area contributed by atoms with E-state index in [9.17, 15) is 9.59 Å². The van der Waals surface area contributed by atoms with Crippen molar-refractivity contribution < 1.29 is 9.59 Å². The van der Waals surface area contributed by atoms with Crippen molar-refractivity contribution in [2.24, 2.45) is 0 Å². The summed E-state index contributed by atoms with van der Waals surface area (Å²) >= 11 is 11.5. The maximum Gasteiger partial charge on any atom is 0.253 e. The van der Waals surface area contributed by atoms with Crippen LogP contribution in [0.4, 0.5) is 0 Å². The maximum absolute atomic E-state index is 12.0. The van der Waals surface area contributed by atoms with Crippen LogP contribution in [0.3, 0.4) is 0 Å². The molecule has 0 aliphatic carbocycles. The molecular weight excluding hydrogens is 289 g/mol. The number of halogens is 2. The van der Waals surface area contributed by atoms with E-state index in [1.807, 2.05) is 0 Å². The van der Waals surface area contributed by atoms with Crippen molar-refractivity contribution in [2.75, 3.05) is 13.6 Å². The van der Waals surface area contributed by atoms with Gasteiger partial charge in [0.15, 0.2) is 0 Å². The largest absolute Gasteiger partial charge is 0.347 e. The standard InChI is InChI=1S/C12H13Cl2N3O2/c1-17-6-8(2-3-10(17)18)16-12(19)7-4-9(13)11(14)15-5-7/h4-5,8H,2-3,6H2,1H3,(H,16,19). The average molecular weight is 302 g/mol. The van der Waals surface area contributed by atoms with Gasteiger partial charge in [-0.2, -0.15) is 0 Å². The number of nitrogens with zero attached hydrogens (tertiary/aromatic N) is 2. The molecule has 0 radical (unpaired) electrons. The first-order valence-corrected chi connectivity index (χ1v) is 6.59. The zero-order valence-electron chi connectivity index (χ0n) is 10.3. The predicted molar refractivity (Wildman–Crippen MR) is 72.4 cm³/mol. The topological polar surface area (TPSA) is 62.3 Å². The number of hydrogen-bond acceptors (Lipinski definition) is 3. The first kappa shape index (κ1) is 14.1. The number of likely N-dealkylation sites (tertiary alicyclic amines) is 1. The molecule has 19 heavy (non-hydrogen) atoms. The predicted octanol–water partition coefficient (Wildman–Crippen LogP) is 1.74. The number of carbonyl (C=O) groups is 2. The molecule has 0 saturated carbocycles. The minimum Gasteiger partial charge on any atom is -0.347 e. The lowest BCUT2D eigenvalue weighted by Crippen LogP contribution is -2.48. The fourth-order valence-corrected chi connectivity index (χ4v) is 2.21. The summed E-state index contributed by atoms with van der Waals surface area (Å²) in [5, 5.41) is 3.27. The van der Waals surface area contributed by atoms with Gasteiger partial charge in [-0.05, 0) is 12.5 Å². The molecule has 2 heterocycles. The van der Waals surface area contributed by atoms with Crippen LogP contribution in [0.15, 0.2) is 12.3 Å². The summed E-state index contributed by atoms with van der Waals surface area (Å²) in [5.74, 6) is -0.166. The lowest BCUT2D eigenvalue weighted by atomic mass is 10.1. The number of nitrogens with one attached hydrogen (secondary N) is 1. The van der Waals surface area contributed by atoms with Crippen molar-refractivity contribution in [2.45, 2.75) is 18.9 Å². The lowest BCUT2D eigenvalue weighted by molar-refractivity contribution is -0.132. The summed E-state index contributed by atoms with van der Waals surface area (Å²) in [6.07, 6.45) is 2.46. The highest BCUT2D eigenvalue weighted by atomic mass is 35.5. The second-order valence-electron chi connectivity index (χ2n) is 4.48. The summed E-state index contributed by atoms with van der Waals surface area (Å²) in [7, 11) is 1.72. The average Bonchev–Trinajstić information content (AvgIpc) is 2.37. The van der Waals surface area contributed by atoms with Gasteiger partial charge in [-0.25, -0.2) is 4.98 Å². The van der Waals surface area contributed by atoms with Gasteiger partial charge in [0.05, 0.1) is 10.6 Å². The van der Waals surface area contributed by atoms with E-state index in [0.29, 0.717) is 24.9 Å². The number of pyridine rings is 1. The van der Waals surface area contributed by atoms with Crippen LogP contribution in [-0.4, -0.2) is 41.3 Å². The SMILES string of the molecule is CN1CC(NC(=O)c2cnc(Cl)c(Cl)c2)CCC1=O. The third kappa shape index (κ3) is 3.36. The molecule has 102 valence electrons. The van der Waals surface area contributed by atoms with Gasteiger partial charge in [0.25, 0.3) is 5.91 Å². The first-order chi connectivity index (χ1) is 8.97. The molecule has 1 N–H and O–H groups in total. The highest BCUT2D eigenvalue weighted by Crippen LogP contribution is 2.20. The van der Waals surface area contributed by atoms with Crippen molar-refractivity contribution in [1.82, 2.24) is 15.2 Å². The van der Waals surface area contributed by atoms with E-state index in [4.69, 9.17) is 23.2 Å². The van der Waals surface area contributed by atoms with E-state index in [1.54, 1.807) is 11.9 Å². The Morgan fingerprint density at radius 2 is 2.26 bits per heavy atom. The van der Waals surface area contributed by atoms with Crippen LogP contribution in [0, 0.1) is 0 Å². The van der Waals surface area contributed by atoms with Crippen LogP contribution in [-0.2, 0) is 4.79 Å². The molecule has 1 saturated heterocycles. The van der Waals surface area contributed by atoms with Gasteiger partial charge in [0, 0.05) is 32.3 Å². The number of aromatic nitrogens is 1. The third-order valence-corrected chi connectivity index (χ3v) is 3.71. The molecule has 1 aliphatic heterocycles. The molecule has 7 heteroatoms. The van der Waals surface area contributed by atoms with Crippen LogP contribution in [0.1, 0.15) is 23.2 Å². The van der Waals surface area contributed by atoms with E-state index in [1.165, 1.54) is 12.3 Å². The summed E-state index contributed by atoms with van der Waals surface area (Å²) in [6, 6.07) is 1.42. The zero-order chi connectivity index (χ0) is 14.0. The molecule has 1 aromatic rings. The molecule has 0 aromatic carbocycles. The van der Waals surface area contributed by atoms with Gasteiger partial charge in [-0.1, -0.05) is 23.2 Å². The molecule has 1 fully saturated rings. The Bertz CT molecular complexity index is 522. The normalized spacial score (nSPS) is 19.4. The monoisotopic (exact) mass is 301 g/mol. The van der Waals surface area contributed by atoms with Gasteiger partial charge >= 0.3 is 0 Å². The molecule has 1 aromatic heterocycles. The van der Waals surface area contributed by atoms with Crippen LogP contribution in [0.5, 0.6) is 0 Å². The summed E-state index contributed by atoms with van der Waals surface area (Å²) in [5.41, 5.74) is 0.356. The maximum atomic E-state index is 12.0. The van der Waals surface area contributed by atoms with Crippen molar-refractivity contribution in [3.63, 3.8) is 0 Å². The van der Waals surface area contributed by atoms with E-state index in [0.717, 1.165) is 0 Å². The van der Waals surface area contributed by atoms with Crippen LogP contribution in [0.2, 0.25) is 10.2 Å². The summed E-state index contributed by atoms with van der Waals surface area (Å²) in [6.45, 7) is 0.513. The number of carbonyl (C=O) groups excluding carboxylic acids is 2. The van der Waals surface area contributed by atoms with Crippen molar-refractivity contribution in [3.8, 4) is 0 Å². The molecular formula is C12H13Cl2N3O2. The Kier molecular flexibility index (Phi) is 4.27. The van der Waals surface area contributed by atoms with Gasteiger partial charge in [0.1, 0.15) is 5.15 Å². The number of hydrogen-bond donors (Lipinski definition) is 1. The fraction of sp³-hybridized carbons (Fsp3) is 0.417.